The van der Waals surface area contributed by atoms with Gasteiger partial charge in [0.15, 0.2) is 5.58 Å². The molecule has 0 radical (unpaired) electrons. The first-order chi connectivity index (χ1) is 13.6. The molecule has 4 heterocycles. The van der Waals surface area contributed by atoms with Gasteiger partial charge < -0.3 is 30.0 Å². The quantitative estimate of drug-likeness (QED) is 0.837. The van der Waals surface area contributed by atoms with Crippen LogP contribution in [0.1, 0.15) is 12.0 Å². The van der Waals surface area contributed by atoms with Crippen molar-refractivity contribution >= 4 is 28.6 Å². The zero-order valence-corrected chi connectivity index (χ0v) is 15.5. The Labute approximate surface area is 161 Å². The van der Waals surface area contributed by atoms with E-state index in [-0.39, 0.29) is 24.2 Å². The van der Waals surface area contributed by atoms with Gasteiger partial charge in [-0.1, -0.05) is 12.1 Å². The molecule has 1 amide bonds. The number of nitrogens with one attached hydrogen (secondary N) is 1. The molecule has 0 saturated carbocycles. The molecule has 8 heteroatoms. The summed E-state index contributed by atoms with van der Waals surface area (Å²) in [4.78, 5) is 21.0. The van der Waals surface area contributed by atoms with E-state index in [9.17, 15) is 4.79 Å². The van der Waals surface area contributed by atoms with Crippen LogP contribution >= 0.6 is 0 Å². The fourth-order valence-corrected chi connectivity index (χ4v) is 3.89. The lowest BCUT2D eigenvalue weighted by Gasteiger charge is -2.29. The number of amides is 1. The zero-order chi connectivity index (χ0) is 19.3. The molecule has 8 nitrogen and oxygen atoms in total. The summed E-state index contributed by atoms with van der Waals surface area (Å²) in [6.07, 6.45) is 8.78. The number of allylic oxidation sites excluding steroid dienone is 2. The van der Waals surface area contributed by atoms with Crippen LogP contribution in [0.3, 0.4) is 0 Å². The number of anilines is 1. The summed E-state index contributed by atoms with van der Waals surface area (Å²) in [6.45, 7) is 1.34. The minimum absolute atomic E-state index is 0.0141. The van der Waals surface area contributed by atoms with Gasteiger partial charge >= 0.3 is 0 Å². The van der Waals surface area contributed by atoms with Crippen molar-refractivity contribution in [2.75, 3.05) is 25.9 Å². The molecule has 1 aromatic heterocycles. The summed E-state index contributed by atoms with van der Waals surface area (Å²) in [7, 11) is 1.69. The maximum Gasteiger partial charge on any atom is 0.292 e. The first-order valence-corrected chi connectivity index (χ1v) is 9.25. The highest BCUT2D eigenvalue weighted by Gasteiger charge is 2.35. The molecule has 1 fully saturated rings. The van der Waals surface area contributed by atoms with Gasteiger partial charge in [0.1, 0.15) is 17.4 Å². The number of benzene rings is 1. The van der Waals surface area contributed by atoms with Crippen molar-refractivity contribution in [3.8, 4) is 0 Å². The summed E-state index contributed by atoms with van der Waals surface area (Å²) in [5, 5.41) is 3.25. The number of rotatable bonds is 3. The van der Waals surface area contributed by atoms with Crippen LogP contribution in [0.2, 0.25) is 0 Å². The summed E-state index contributed by atoms with van der Waals surface area (Å²) in [5.74, 6) is 0.0141. The Morgan fingerprint density at radius 2 is 2.32 bits per heavy atom. The molecular formula is C20H21N5O3. The van der Waals surface area contributed by atoms with Crippen molar-refractivity contribution in [3.63, 3.8) is 0 Å². The van der Waals surface area contributed by atoms with Crippen molar-refractivity contribution in [1.29, 1.82) is 0 Å². The van der Waals surface area contributed by atoms with Crippen LogP contribution in [0.4, 0.5) is 6.01 Å². The van der Waals surface area contributed by atoms with Crippen LogP contribution < -0.4 is 11.1 Å². The SMILES string of the molecule is CO[C@@H]1CCN(C(=O)C2=CNC3C=CC(c4ccc5oc(N)nc5c4)=CN23)C1. The van der Waals surface area contributed by atoms with Gasteiger partial charge in [-0.05, 0) is 35.8 Å². The predicted molar refractivity (Wildman–Crippen MR) is 104 cm³/mol. The highest BCUT2D eigenvalue weighted by atomic mass is 16.5. The van der Waals surface area contributed by atoms with Gasteiger partial charge in [0.2, 0.25) is 0 Å². The Morgan fingerprint density at radius 1 is 1.43 bits per heavy atom. The number of oxazole rings is 1. The normalized spacial score (nSPS) is 23.6. The predicted octanol–water partition coefficient (Wildman–Crippen LogP) is 1.64. The Morgan fingerprint density at radius 3 is 3.14 bits per heavy atom. The number of hydrogen-bond acceptors (Lipinski definition) is 7. The molecule has 144 valence electrons. The fourth-order valence-electron chi connectivity index (χ4n) is 3.89. The first-order valence-electron chi connectivity index (χ1n) is 9.25. The molecule has 0 bridgehead atoms. The van der Waals surface area contributed by atoms with Gasteiger partial charge in [-0.3, -0.25) is 4.79 Å². The summed E-state index contributed by atoms with van der Waals surface area (Å²) >= 11 is 0. The fraction of sp³-hybridized carbons (Fsp3) is 0.300. The lowest BCUT2D eigenvalue weighted by molar-refractivity contribution is -0.127. The molecule has 3 aliphatic heterocycles. The third kappa shape index (κ3) is 2.73. The third-order valence-corrected chi connectivity index (χ3v) is 5.43. The van der Waals surface area contributed by atoms with Crippen molar-refractivity contribution in [3.05, 3.63) is 54.0 Å². The van der Waals surface area contributed by atoms with Crippen LogP contribution in [0.15, 0.2) is 52.9 Å². The van der Waals surface area contributed by atoms with Crippen LogP contribution in [0.25, 0.3) is 16.7 Å². The molecule has 5 rings (SSSR count). The van der Waals surface area contributed by atoms with E-state index in [1.807, 2.05) is 46.4 Å². The number of aromatic nitrogens is 1. The number of ether oxygens (including phenoxy) is 1. The Bertz CT molecular complexity index is 1040. The number of nitrogens with two attached hydrogens (primary N) is 1. The molecule has 28 heavy (non-hydrogen) atoms. The summed E-state index contributed by atoms with van der Waals surface area (Å²) in [5.41, 5.74) is 9.60. The second-order valence-electron chi connectivity index (χ2n) is 7.12. The molecule has 3 N–H and O–H groups in total. The van der Waals surface area contributed by atoms with Crippen LogP contribution in [0, 0.1) is 0 Å². The third-order valence-electron chi connectivity index (χ3n) is 5.43. The Hall–Kier alpha value is -3.26. The maximum atomic E-state index is 13.0. The average Bonchev–Trinajstić information content (AvgIpc) is 3.43. The zero-order valence-electron chi connectivity index (χ0n) is 15.5. The van der Waals surface area contributed by atoms with Crippen molar-refractivity contribution in [2.45, 2.75) is 18.7 Å². The van der Waals surface area contributed by atoms with E-state index >= 15 is 0 Å². The van der Waals surface area contributed by atoms with Crippen LogP contribution in [-0.4, -0.2) is 53.2 Å². The number of carbonyl (C=O) groups excluding carboxylic acids is 1. The topological polar surface area (TPSA) is 96.9 Å². The van der Waals surface area contributed by atoms with Gasteiger partial charge in [0.05, 0.1) is 6.10 Å². The molecule has 0 spiro atoms. The van der Waals surface area contributed by atoms with E-state index in [4.69, 9.17) is 14.9 Å². The number of methoxy groups -OCH3 is 1. The Balaban J connectivity index is 1.41. The molecular weight excluding hydrogens is 358 g/mol. The van der Waals surface area contributed by atoms with E-state index in [0.717, 1.165) is 17.6 Å². The van der Waals surface area contributed by atoms with E-state index in [2.05, 4.69) is 10.3 Å². The average molecular weight is 379 g/mol. The van der Waals surface area contributed by atoms with E-state index in [1.54, 1.807) is 13.3 Å². The monoisotopic (exact) mass is 379 g/mol. The van der Waals surface area contributed by atoms with Gasteiger partial charge in [-0.15, -0.1) is 0 Å². The number of likely N-dealkylation sites (tertiary alicyclic amines) is 1. The molecule has 1 aromatic carbocycles. The lowest BCUT2D eigenvalue weighted by Crippen LogP contribution is -2.39. The van der Waals surface area contributed by atoms with Crippen LogP contribution in [-0.2, 0) is 9.53 Å². The number of fused-ring (bicyclic) bond motifs is 2. The molecule has 1 saturated heterocycles. The molecule has 0 aliphatic carbocycles. The second kappa shape index (κ2) is 6.42. The molecule has 3 aliphatic rings. The Kier molecular flexibility index (Phi) is 3.87. The van der Waals surface area contributed by atoms with Gasteiger partial charge in [-0.25, -0.2) is 0 Å². The van der Waals surface area contributed by atoms with Crippen molar-refractivity contribution in [1.82, 2.24) is 20.1 Å². The minimum atomic E-state index is -0.0602. The van der Waals surface area contributed by atoms with E-state index in [1.165, 1.54) is 0 Å². The highest BCUT2D eigenvalue weighted by molar-refractivity contribution is 5.94. The highest BCUT2D eigenvalue weighted by Crippen LogP contribution is 2.30. The van der Waals surface area contributed by atoms with Gasteiger partial charge in [0, 0.05) is 32.6 Å². The molecule has 2 aromatic rings. The first kappa shape index (κ1) is 16.9. The van der Waals surface area contributed by atoms with Crippen molar-refractivity contribution in [2.24, 2.45) is 0 Å². The lowest BCUT2D eigenvalue weighted by atomic mass is 10.0. The number of nitrogen functional groups attached to an aromatic ring is 1. The van der Waals surface area contributed by atoms with Crippen LogP contribution in [0.5, 0.6) is 0 Å². The maximum absolute atomic E-state index is 13.0. The van der Waals surface area contributed by atoms with E-state index in [0.29, 0.717) is 29.9 Å². The standard InChI is InChI=1S/C20H21N5O3/c1-27-14-6-7-24(11-14)19(26)16-9-22-18-5-3-13(10-25(16)18)12-2-4-17-15(8-12)23-20(21)28-17/h2-5,8-10,14,18,22H,6-7,11H2,1H3,(H2,21,23)/t14-,18?/m1/s1. The minimum Gasteiger partial charge on any atom is -0.424 e. The molecule has 1 unspecified atom stereocenters. The largest absolute Gasteiger partial charge is 0.424 e. The van der Waals surface area contributed by atoms with E-state index < -0.39 is 0 Å². The summed E-state index contributed by atoms with van der Waals surface area (Å²) < 4.78 is 10.7. The van der Waals surface area contributed by atoms with Crippen molar-refractivity contribution < 1.29 is 13.9 Å². The second-order valence-corrected chi connectivity index (χ2v) is 7.12. The van der Waals surface area contributed by atoms with Gasteiger partial charge in [-0.2, -0.15) is 4.98 Å². The number of nitrogens with zero attached hydrogens (tertiary/aromatic N) is 3. The van der Waals surface area contributed by atoms with Gasteiger partial charge in [0.25, 0.3) is 11.9 Å². The smallest absolute Gasteiger partial charge is 0.292 e. The summed E-state index contributed by atoms with van der Waals surface area (Å²) in [6, 6.07) is 5.90. The molecule has 2 atom stereocenters. The number of hydrogen-bond donors (Lipinski definition) is 2. The number of carbonyl (C=O) groups is 1.